The van der Waals surface area contributed by atoms with Gasteiger partial charge in [0, 0.05) is 25.3 Å². The molecule has 1 heterocycles. The van der Waals surface area contributed by atoms with Crippen molar-refractivity contribution in [2.75, 3.05) is 25.5 Å². The number of anilines is 2. The number of halogens is 3. The van der Waals surface area contributed by atoms with Crippen LogP contribution in [0.5, 0.6) is 0 Å². The number of carbonyl (C=O) groups is 2. The van der Waals surface area contributed by atoms with Crippen molar-refractivity contribution in [3.05, 3.63) is 59.7 Å². The fourth-order valence-corrected chi connectivity index (χ4v) is 4.07. The molecule has 10 heteroatoms. The highest BCUT2D eigenvalue weighted by atomic mass is 19.4. The summed E-state index contributed by atoms with van der Waals surface area (Å²) in [6.07, 6.45) is -2.53. The lowest BCUT2D eigenvalue weighted by Gasteiger charge is -2.29. The van der Waals surface area contributed by atoms with E-state index in [1.807, 2.05) is 7.05 Å². The Bertz CT molecular complexity index is 1050. The van der Waals surface area contributed by atoms with Gasteiger partial charge in [0.2, 0.25) is 5.91 Å². The molecule has 1 aliphatic heterocycles. The van der Waals surface area contributed by atoms with Gasteiger partial charge >= 0.3 is 12.3 Å². The number of rotatable bonds is 7. The number of hydrogen-bond acceptors (Lipinski definition) is 5. The van der Waals surface area contributed by atoms with Crippen LogP contribution in [0, 0.1) is 0 Å². The summed E-state index contributed by atoms with van der Waals surface area (Å²) in [7, 11) is 2.02. The number of ether oxygens (including phenoxy) is 1. The van der Waals surface area contributed by atoms with Gasteiger partial charge in [-0.2, -0.15) is 13.2 Å². The fraction of sp³-hybridized carbons (Fsp3) is 0.440. The Morgan fingerprint density at radius 3 is 2.34 bits per heavy atom. The van der Waals surface area contributed by atoms with E-state index in [1.54, 1.807) is 24.3 Å². The lowest BCUT2D eigenvalue weighted by atomic mass is 10.1. The minimum absolute atomic E-state index is 0.0325. The number of nitrogens with zero attached hydrogens (tertiary/aromatic N) is 1. The summed E-state index contributed by atoms with van der Waals surface area (Å²) in [4.78, 5) is 27.2. The minimum Gasteiger partial charge on any atom is -0.446 e. The largest absolute Gasteiger partial charge is 0.446 e. The van der Waals surface area contributed by atoms with Crippen LogP contribution in [0.3, 0.4) is 0 Å². The van der Waals surface area contributed by atoms with Gasteiger partial charge in [0.25, 0.3) is 0 Å². The van der Waals surface area contributed by atoms with Crippen LogP contribution < -0.4 is 16.0 Å². The van der Waals surface area contributed by atoms with Crippen LogP contribution in [0.4, 0.5) is 29.3 Å². The van der Waals surface area contributed by atoms with Gasteiger partial charge in [0.1, 0.15) is 11.6 Å². The van der Waals surface area contributed by atoms with Crippen LogP contribution >= 0.6 is 0 Å². The Labute approximate surface area is 202 Å². The molecule has 2 aromatic carbocycles. The average molecular weight is 491 g/mol. The Hall–Kier alpha value is -3.27. The summed E-state index contributed by atoms with van der Waals surface area (Å²) < 4.78 is 45.0. The SMILES string of the molecule is CN1CCC(OC(=O)NC2(C(=O)NCc3ccc(Nc4ccccc4C(F)(F)F)cc3)CC2)CC1. The average Bonchev–Trinajstić information content (AvgIpc) is 3.60. The number of piperidine rings is 1. The van der Waals surface area contributed by atoms with E-state index in [9.17, 15) is 22.8 Å². The van der Waals surface area contributed by atoms with Crippen LogP contribution in [-0.2, 0) is 22.3 Å². The maximum atomic E-state index is 13.2. The topological polar surface area (TPSA) is 82.7 Å². The number of alkyl halides is 3. The zero-order chi connectivity index (χ0) is 25.1. The predicted octanol–water partition coefficient (Wildman–Crippen LogP) is 4.42. The van der Waals surface area contributed by atoms with Gasteiger partial charge in [-0.25, -0.2) is 4.79 Å². The van der Waals surface area contributed by atoms with Gasteiger partial charge in [-0.05, 0) is 62.6 Å². The molecule has 0 spiro atoms. The molecule has 1 saturated carbocycles. The molecule has 7 nitrogen and oxygen atoms in total. The van der Waals surface area contributed by atoms with Gasteiger partial charge in [0.05, 0.1) is 11.3 Å². The second kappa shape index (κ2) is 10.2. The number of benzene rings is 2. The summed E-state index contributed by atoms with van der Waals surface area (Å²) in [6, 6.07) is 12.0. The number of nitrogens with one attached hydrogen (secondary N) is 3. The molecule has 1 saturated heterocycles. The van der Waals surface area contributed by atoms with Crippen LogP contribution in [0.2, 0.25) is 0 Å². The molecule has 0 atom stereocenters. The fourth-order valence-electron chi connectivity index (χ4n) is 4.07. The zero-order valence-electron chi connectivity index (χ0n) is 19.5. The first-order valence-corrected chi connectivity index (χ1v) is 11.6. The van der Waals surface area contributed by atoms with E-state index in [-0.39, 0.29) is 24.2 Å². The Kier molecular flexibility index (Phi) is 7.20. The Morgan fingerprint density at radius 1 is 1.06 bits per heavy atom. The number of para-hydroxylation sites is 1. The molecule has 3 N–H and O–H groups in total. The molecule has 0 radical (unpaired) electrons. The van der Waals surface area contributed by atoms with E-state index in [0.717, 1.165) is 37.6 Å². The van der Waals surface area contributed by atoms with E-state index in [2.05, 4.69) is 20.9 Å². The zero-order valence-corrected chi connectivity index (χ0v) is 19.5. The van der Waals surface area contributed by atoms with E-state index in [1.165, 1.54) is 18.2 Å². The van der Waals surface area contributed by atoms with Gasteiger partial charge in [-0.3, -0.25) is 4.79 Å². The van der Waals surface area contributed by atoms with Gasteiger partial charge in [0.15, 0.2) is 0 Å². The summed E-state index contributed by atoms with van der Waals surface area (Å²) in [5.74, 6) is -0.279. The molecule has 4 rings (SSSR count). The highest BCUT2D eigenvalue weighted by Gasteiger charge is 2.51. The van der Waals surface area contributed by atoms with Gasteiger partial charge < -0.3 is 25.6 Å². The molecule has 0 unspecified atom stereocenters. The summed E-state index contributed by atoms with van der Waals surface area (Å²) in [5.41, 5.74) is -0.444. The third-order valence-corrected chi connectivity index (χ3v) is 6.38. The minimum atomic E-state index is -4.46. The van der Waals surface area contributed by atoms with Crippen molar-refractivity contribution in [3.63, 3.8) is 0 Å². The monoisotopic (exact) mass is 490 g/mol. The standard InChI is InChI=1S/C25H29F3N4O3/c1-32-14-10-19(11-15-32)35-23(34)31-24(12-13-24)22(33)29-16-17-6-8-18(9-7-17)30-21-5-3-2-4-20(21)25(26,27)28/h2-9,19,30H,10-16H2,1H3,(H,29,33)(H,31,34). The Morgan fingerprint density at radius 2 is 1.71 bits per heavy atom. The van der Waals surface area contributed by atoms with Crippen molar-refractivity contribution < 1.29 is 27.5 Å². The summed E-state index contributed by atoms with van der Waals surface area (Å²) in [6.45, 7) is 1.96. The molecular formula is C25H29F3N4O3. The molecular weight excluding hydrogens is 461 g/mol. The first-order valence-electron chi connectivity index (χ1n) is 11.6. The summed E-state index contributed by atoms with van der Waals surface area (Å²) >= 11 is 0. The molecule has 2 aliphatic rings. The third-order valence-electron chi connectivity index (χ3n) is 6.38. The second-order valence-electron chi connectivity index (χ2n) is 9.16. The smallest absolute Gasteiger partial charge is 0.418 e. The lowest BCUT2D eigenvalue weighted by molar-refractivity contribution is -0.137. The highest BCUT2D eigenvalue weighted by molar-refractivity contribution is 5.92. The number of carbonyl (C=O) groups excluding carboxylic acids is 2. The van der Waals surface area contributed by atoms with Crippen LogP contribution in [-0.4, -0.2) is 48.7 Å². The first-order chi connectivity index (χ1) is 16.6. The number of alkyl carbamates (subject to hydrolysis) is 1. The van der Waals surface area contributed by atoms with Crippen molar-refractivity contribution in [2.45, 2.75) is 50.0 Å². The summed E-state index contributed by atoms with van der Waals surface area (Å²) in [5, 5.41) is 8.35. The first kappa shape index (κ1) is 24.8. The maximum Gasteiger partial charge on any atom is 0.418 e. The van der Waals surface area contributed by atoms with Crippen LogP contribution in [0.15, 0.2) is 48.5 Å². The van der Waals surface area contributed by atoms with Gasteiger partial charge in [-0.1, -0.05) is 24.3 Å². The van der Waals surface area contributed by atoms with E-state index < -0.39 is 23.4 Å². The van der Waals surface area contributed by atoms with Crippen LogP contribution in [0.25, 0.3) is 0 Å². The number of amides is 2. The molecule has 0 bridgehead atoms. The molecule has 188 valence electrons. The van der Waals surface area contributed by atoms with Crippen molar-refractivity contribution >= 4 is 23.4 Å². The molecule has 2 aromatic rings. The van der Waals surface area contributed by atoms with Crippen molar-refractivity contribution in [1.29, 1.82) is 0 Å². The lowest BCUT2D eigenvalue weighted by Crippen LogP contribution is -2.50. The normalized spacial score (nSPS) is 17.9. The van der Waals surface area contributed by atoms with Crippen molar-refractivity contribution in [2.24, 2.45) is 0 Å². The highest BCUT2D eigenvalue weighted by Crippen LogP contribution is 2.37. The molecule has 2 amide bonds. The van der Waals surface area contributed by atoms with E-state index >= 15 is 0 Å². The third kappa shape index (κ3) is 6.45. The number of hydrogen-bond donors (Lipinski definition) is 3. The van der Waals surface area contributed by atoms with Crippen molar-refractivity contribution in [1.82, 2.24) is 15.5 Å². The molecule has 35 heavy (non-hydrogen) atoms. The molecule has 2 fully saturated rings. The molecule has 1 aliphatic carbocycles. The second-order valence-corrected chi connectivity index (χ2v) is 9.16. The quantitative estimate of drug-likeness (QED) is 0.535. The Balaban J connectivity index is 1.27. The van der Waals surface area contributed by atoms with Gasteiger partial charge in [-0.15, -0.1) is 0 Å². The van der Waals surface area contributed by atoms with E-state index in [0.29, 0.717) is 18.5 Å². The maximum absolute atomic E-state index is 13.2. The molecule has 0 aromatic heterocycles. The van der Waals surface area contributed by atoms with Crippen molar-refractivity contribution in [3.8, 4) is 0 Å². The van der Waals surface area contributed by atoms with E-state index in [4.69, 9.17) is 4.74 Å². The predicted molar refractivity (Wildman–Crippen MR) is 125 cm³/mol. The van der Waals surface area contributed by atoms with Crippen LogP contribution in [0.1, 0.15) is 36.8 Å². The number of likely N-dealkylation sites (tertiary alicyclic amines) is 1.